The standard InChI is InChI=1S/C15H22N2/c1-4-10-14(17-16)15(5-2,6-3)13-11-8-7-9-12-13/h1,7-9,11-12,14,17H,5-6,10,16H2,2-3H3. The topological polar surface area (TPSA) is 38.0 Å². The predicted molar refractivity (Wildman–Crippen MR) is 73.3 cm³/mol. The van der Waals surface area contributed by atoms with Crippen molar-refractivity contribution in [2.24, 2.45) is 5.84 Å². The summed E-state index contributed by atoms with van der Waals surface area (Å²) in [4.78, 5) is 0. The lowest BCUT2D eigenvalue weighted by Crippen LogP contribution is -2.50. The summed E-state index contributed by atoms with van der Waals surface area (Å²) < 4.78 is 0. The third-order valence-electron chi connectivity index (χ3n) is 3.80. The van der Waals surface area contributed by atoms with Crippen molar-refractivity contribution >= 4 is 0 Å². The molecule has 2 nitrogen and oxygen atoms in total. The minimum Gasteiger partial charge on any atom is -0.271 e. The lowest BCUT2D eigenvalue weighted by Gasteiger charge is -2.39. The first-order chi connectivity index (χ1) is 8.25. The molecule has 3 N–H and O–H groups in total. The van der Waals surface area contributed by atoms with Crippen molar-refractivity contribution in [1.29, 1.82) is 0 Å². The van der Waals surface area contributed by atoms with Gasteiger partial charge in [-0.05, 0) is 18.4 Å². The first-order valence-corrected chi connectivity index (χ1v) is 6.20. The first kappa shape index (κ1) is 13.8. The monoisotopic (exact) mass is 230 g/mol. The number of hydrazine groups is 1. The fraction of sp³-hybridized carbons (Fsp3) is 0.467. The van der Waals surface area contributed by atoms with Crippen LogP contribution in [0.4, 0.5) is 0 Å². The Morgan fingerprint density at radius 3 is 2.29 bits per heavy atom. The van der Waals surface area contributed by atoms with E-state index in [4.69, 9.17) is 12.3 Å². The second kappa shape index (κ2) is 6.44. The van der Waals surface area contributed by atoms with Gasteiger partial charge in [-0.15, -0.1) is 12.3 Å². The van der Waals surface area contributed by atoms with E-state index in [1.807, 2.05) is 6.07 Å². The van der Waals surface area contributed by atoms with Crippen LogP contribution in [0.3, 0.4) is 0 Å². The van der Waals surface area contributed by atoms with Crippen LogP contribution in [0.2, 0.25) is 0 Å². The van der Waals surface area contributed by atoms with Crippen molar-refractivity contribution < 1.29 is 0 Å². The van der Waals surface area contributed by atoms with E-state index in [9.17, 15) is 0 Å². The van der Waals surface area contributed by atoms with Crippen molar-refractivity contribution in [3.8, 4) is 12.3 Å². The average Bonchev–Trinajstić information content (AvgIpc) is 2.40. The second-order valence-electron chi connectivity index (χ2n) is 4.36. The number of benzene rings is 1. The van der Waals surface area contributed by atoms with E-state index in [2.05, 4.69) is 49.5 Å². The van der Waals surface area contributed by atoms with Crippen LogP contribution in [-0.2, 0) is 5.41 Å². The molecule has 1 unspecified atom stereocenters. The van der Waals surface area contributed by atoms with E-state index in [1.54, 1.807) is 0 Å². The van der Waals surface area contributed by atoms with Crippen molar-refractivity contribution in [3.63, 3.8) is 0 Å². The smallest absolute Gasteiger partial charge is 0.0416 e. The summed E-state index contributed by atoms with van der Waals surface area (Å²) in [7, 11) is 0. The molecule has 0 heterocycles. The van der Waals surface area contributed by atoms with Gasteiger partial charge in [-0.25, -0.2) is 0 Å². The highest BCUT2D eigenvalue weighted by Gasteiger charge is 2.36. The largest absolute Gasteiger partial charge is 0.271 e. The zero-order valence-corrected chi connectivity index (χ0v) is 10.7. The van der Waals surface area contributed by atoms with Gasteiger partial charge in [-0.3, -0.25) is 11.3 Å². The average molecular weight is 230 g/mol. The Kier molecular flexibility index (Phi) is 5.21. The maximum absolute atomic E-state index is 5.69. The molecule has 1 rings (SSSR count). The summed E-state index contributed by atoms with van der Waals surface area (Å²) in [6.07, 6.45) is 8.13. The Balaban J connectivity index is 3.17. The second-order valence-corrected chi connectivity index (χ2v) is 4.36. The number of hydrogen-bond donors (Lipinski definition) is 2. The summed E-state index contributed by atoms with van der Waals surface area (Å²) in [6.45, 7) is 4.38. The van der Waals surface area contributed by atoms with Gasteiger partial charge in [0.25, 0.3) is 0 Å². The fourth-order valence-corrected chi connectivity index (χ4v) is 2.65. The molecule has 17 heavy (non-hydrogen) atoms. The van der Waals surface area contributed by atoms with E-state index in [0.29, 0.717) is 6.42 Å². The lowest BCUT2D eigenvalue weighted by molar-refractivity contribution is 0.276. The summed E-state index contributed by atoms with van der Waals surface area (Å²) in [6, 6.07) is 10.6. The molecule has 0 fully saturated rings. The third-order valence-corrected chi connectivity index (χ3v) is 3.80. The van der Waals surface area contributed by atoms with E-state index >= 15 is 0 Å². The van der Waals surface area contributed by atoms with Gasteiger partial charge in [0.1, 0.15) is 0 Å². The number of terminal acetylenes is 1. The minimum atomic E-state index is 0.0163. The van der Waals surface area contributed by atoms with Crippen LogP contribution in [0, 0.1) is 12.3 Å². The Morgan fingerprint density at radius 2 is 1.88 bits per heavy atom. The highest BCUT2D eigenvalue weighted by atomic mass is 15.2. The lowest BCUT2D eigenvalue weighted by atomic mass is 9.69. The van der Waals surface area contributed by atoms with Crippen molar-refractivity contribution in [3.05, 3.63) is 35.9 Å². The summed E-state index contributed by atoms with van der Waals surface area (Å²) in [5.74, 6) is 8.41. The quantitative estimate of drug-likeness (QED) is 0.448. The highest BCUT2D eigenvalue weighted by molar-refractivity contribution is 5.28. The minimum absolute atomic E-state index is 0.0163. The van der Waals surface area contributed by atoms with Crippen LogP contribution < -0.4 is 11.3 Å². The molecule has 0 aromatic heterocycles. The maximum atomic E-state index is 5.69. The van der Waals surface area contributed by atoms with Gasteiger partial charge < -0.3 is 0 Å². The molecule has 0 radical (unpaired) electrons. The van der Waals surface area contributed by atoms with Crippen LogP contribution in [0.1, 0.15) is 38.7 Å². The zero-order valence-electron chi connectivity index (χ0n) is 10.7. The maximum Gasteiger partial charge on any atom is 0.0416 e. The summed E-state index contributed by atoms with van der Waals surface area (Å²) >= 11 is 0. The predicted octanol–water partition coefficient (Wildman–Crippen LogP) is 2.60. The molecule has 0 bridgehead atoms. The molecule has 0 aliphatic heterocycles. The molecule has 0 aliphatic carbocycles. The Labute approximate surface area is 105 Å². The highest BCUT2D eigenvalue weighted by Crippen LogP contribution is 2.36. The van der Waals surface area contributed by atoms with E-state index in [1.165, 1.54) is 5.56 Å². The van der Waals surface area contributed by atoms with Gasteiger partial charge in [-0.2, -0.15) is 0 Å². The molecule has 0 aliphatic rings. The van der Waals surface area contributed by atoms with Gasteiger partial charge in [0.15, 0.2) is 0 Å². The van der Waals surface area contributed by atoms with Crippen LogP contribution in [0.15, 0.2) is 30.3 Å². The van der Waals surface area contributed by atoms with Crippen LogP contribution >= 0.6 is 0 Å². The van der Waals surface area contributed by atoms with E-state index < -0.39 is 0 Å². The summed E-state index contributed by atoms with van der Waals surface area (Å²) in [5, 5.41) is 0. The molecule has 0 spiro atoms. The number of hydrogen-bond acceptors (Lipinski definition) is 2. The third kappa shape index (κ3) is 2.69. The molecule has 0 saturated heterocycles. The van der Waals surface area contributed by atoms with Crippen molar-refractivity contribution in [2.75, 3.05) is 0 Å². The van der Waals surface area contributed by atoms with Gasteiger partial charge in [-0.1, -0.05) is 44.2 Å². The molecular formula is C15H22N2. The van der Waals surface area contributed by atoms with Crippen molar-refractivity contribution in [1.82, 2.24) is 5.43 Å². The van der Waals surface area contributed by atoms with E-state index in [-0.39, 0.29) is 11.5 Å². The van der Waals surface area contributed by atoms with E-state index in [0.717, 1.165) is 12.8 Å². The van der Waals surface area contributed by atoms with Gasteiger partial charge in [0.2, 0.25) is 0 Å². The molecule has 92 valence electrons. The number of rotatable bonds is 6. The number of nitrogens with one attached hydrogen (secondary N) is 1. The first-order valence-electron chi connectivity index (χ1n) is 6.20. The molecule has 1 aromatic rings. The van der Waals surface area contributed by atoms with Crippen LogP contribution in [0.25, 0.3) is 0 Å². The molecule has 0 saturated carbocycles. The normalized spacial score (nSPS) is 13.1. The molecular weight excluding hydrogens is 208 g/mol. The Bertz CT molecular complexity index is 360. The van der Waals surface area contributed by atoms with Crippen LogP contribution in [0.5, 0.6) is 0 Å². The molecule has 0 amide bonds. The molecule has 1 aromatic carbocycles. The Hall–Kier alpha value is -1.30. The summed E-state index contributed by atoms with van der Waals surface area (Å²) in [5.41, 5.74) is 4.23. The van der Waals surface area contributed by atoms with Gasteiger partial charge >= 0.3 is 0 Å². The van der Waals surface area contributed by atoms with Gasteiger partial charge in [0.05, 0.1) is 0 Å². The van der Waals surface area contributed by atoms with Crippen LogP contribution in [-0.4, -0.2) is 6.04 Å². The fourth-order valence-electron chi connectivity index (χ4n) is 2.65. The zero-order chi connectivity index (χ0) is 12.7. The van der Waals surface area contributed by atoms with Gasteiger partial charge in [0, 0.05) is 17.9 Å². The Morgan fingerprint density at radius 1 is 1.29 bits per heavy atom. The molecule has 2 heteroatoms. The SMILES string of the molecule is C#CCC(NN)C(CC)(CC)c1ccccc1. The number of nitrogens with two attached hydrogens (primary N) is 1. The van der Waals surface area contributed by atoms with Crippen molar-refractivity contribution in [2.45, 2.75) is 44.6 Å². The molecule has 1 atom stereocenters.